The number of aryl methyl sites for hydroxylation is 1. The van der Waals surface area contributed by atoms with E-state index < -0.39 is 18.2 Å². The Morgan fingerprint density at radius 1 is 1.00 bits per heavy atom. The summed E-state index contributed by atoms with van der Waals surface area (Å²) in [5.74, 6) is -0.850. The number of thiocarbonyl (C=S) groups is 1. The number of amides is 1. The normalized spacial score (nSPS) is 12.2. The van der Waals surface area contributed by atoms with Gasteiger partial charge < -0.3 is 16.0 Å². The maximum absolute atomic E-state index is 13.2. The third-order valence-corrected chi connectivity index (χ3v) is 3.44. The van der Waals surface area contributed by atoms with E-state index in [4.69, 9.17) is 12.2 Å². The van der Waals surface area contributed by atoms with Crippen LogP contribution in [0, 0.1) is 6.92 Å². The van der Waals surface area contributed by atoms with Crippen molar-refractivity contribution < 1.29 is 18.0 Å². The van der Waals surface area contributed by atoms with Crippen LogP contribution in [0.2, 0.25) is 0 Å². The number of carbonyl (C=O) groups excluding carboxylic acids is 1. The smallest absolute Gasteiger partial charge is 0.335 e. The van der Waals surface area contributed by atoms with E-state index in [2.05, 4.69) is 10.6 Å². The summed E-state index contributed by atoms with van der Waals surface area (Å²) < 4.78 is 39.6. The van der Waals surface area contributed by atoms with Crippen molar-refractivity contribution in [3.63, 3.8) is 0 Å². The molecule has 1 amide bonds. The molecule has 1 unspecified atom stereocenters. The monoisotopic (exact) mass is 367 g/mol. The minimum Gasteiger partial charge on any atom is -0.335 e. The van der Waals surface area contributed by atoms with Crippen LogP contribution in [0.5, 0.6) is 0 Å². The van der Waals surface area contributed by atoms with Gasteiger partial charge in [-0.25, -0.2) is 0 Å². The SMILES string of the molecule is Cc1ccc(C(=O)NC(NC(=S)Nc2ccccc2)C(F)(F)F)cc1. The highest BCUT2D eigenvalue weighted by molar-refractivity contribution is 7.80. The molecule has 0 saturated carbocycles. The number of hydrogen-bond acceptors (Lipinski definition) is 2. The zero-order chi connectivity index (χ0) is 18.4. The first-order chi connectivity index (χ1) is 11.8. The van der Waals surface area contributed by atoms with Gasteiger partial charge in [-0.15, -0.1) is 0 Å². The third kappa shape index (κ3) is 5.75. The predicted octanol–water partition coefficient (Wildman–Crippen LogP) is 3.60. The molecule has 0 radical (unpaired) electrons. The van der Waals surface area contributed by atoms with E-state index in [0.717, 1.165) is 5.56 Å². The molecule has 132 valence electrons. The zero-order valence-corrected chi connectivity index (χ0v) is 14.0. The van der Waals surface area contributed by atoms with E-state index in [1.54, 1.807) is 42.5 Å². The van der Waals surface area contributed by atoms with Crippen molar-refractivity contribution in [3.8, 4) is 0 Å². The highest BCUT2D eigenvalue weighted by Crippen LogP contribution is 2.19. The first-order valence-corrected chi connectivity index (χ1v) is 7.73. The average molecular weight is 367 g/mol. The van der Waals surface area contributed by atoms with Crippen LogP contribution in [-0.2, 0) is 0 Å². The van der Waals surface area contributed by atoms with Crippen LogP contribution in [0.1, 0.15) is 15.9 Å². The molecule has 1 atom stereocenters. The molecule has 4 nitrogen and oxygen atoms in total. The molecule has 0 spiro atoms. The van der Waals surface area contributed by atoms with Gasteiger partial charge in [-0.3, -0.25) is 4.79 Å². The second kappa shape index (κ2) is 7.98. The lowest BCUT2D eigenvalue weighted by atomic mass is 10.1. The van der Waals surface area contributed by atoms with Crippen LogP contribution in [0.25, 0.3) is 0 Å². The molecule has 0 bridgehead atoms. The van der Waals surface area contributed by atoms with Crippen LogP contribution in [0.4, 0.5) is 18.9 Å². The Labute approximate surface area is 148 Å². The molecule has 0 heterocycles. The van der Waals surface area contributed by atoms with Crippen molar-refractivity contribution in [2.75, 3.05) is 5.32 Å². The molecule has 0 aromatic heterocycles. The molecule has 2 aromatic carbocycles. The molecule has 0 aliphatic rings. The van der Waals surface area contributed by atoms with Crippen LogP contribution in [0.15, 0.2) is 54.6 Å². The van der Waals surface area contributed by atoms with E-state index >= 15 is 0 Å². The fraction of sp³-hybridized carbons (Fsp3) is 0.176. The molecule has 2 aromatic rings. The Balaban J connectivity index is 2.04. The van der Waals surface area contributed by atoms with Gasteiger partial charge >= 0.3 is 6.18 Å². The Morgan fingerprint density at radius 3 is 2.16 bits per heavy atom. The van der Waals surface area contributed by atoms with Crippen molar-refractivity contribution in [2.24, 2.45) is 0 Å². The third-order valence-electron chi connectivity index (χ3n) is 3.22. The number of benzene rings is 2. The van der Waals surface area contributed by atoms with Crippen LogP contribution < -0.4 is 16.0 Å². The molecule has 0 saturated heterocycles. The molecule has 2 rings (SSSR count). The highest BCUT2D eigenvalue weighted by Gasteiger charge is 2.41. The first-order valence-electron chi connectivity index (χ1n) is 7.32. The van der Waals surface area contributed by atoms with Crippen LogP contribution in [0.3, 0.4) is 0 Å². The second-order valence-electron chi connectivity index (χ2n) is 5.28. The Kier molecular flexibility index (Phi) is 5.97. The van der Waals surface area contributed by atoms with Gasteiger partial charge in [0.2, 0.25) is 0 Å². The quantitative estimate of drug-likeness (QED) is 0.571. The number of carbonyl (C=O) groups is 1. The lowest BCUT2D eigenvalue weighted by Gasteiger charge is -2.24. The first kappa shape index (κ1) is 18.7. The van der Waals surface area contributed by atoms with Gasteiger partial charge in [0.25, 0.3) is 5.91 Å². The predicted molar refractivity (Wildman–Crippen MR) is 94.3 cm³/mol. The van der Waals surface area contributed by atoms with Gasteiger partial charge in [0.1, 0.15) is 0 Å². The number of nitrogens with one attached hydrogen (secondary N) is 3. The average Bonchev–Trinajstić information content (AvgIpc) is 2.54. The highest BCUT2D eigenvalue weighted by atomic mass is 32.1. The summed E-state index contributed by atoms with van der Waals surface area (Å²) in [5, 5.41) is 6.37. The zero-order valence-electron chi connectivity index (χ0n) is 13.2. The van der Waals surface area contributed by atoms with E-state index in [9.17, 15) is 18.0 Å². The molecule has 3 N–H and O–H groups in total. The molecule has 8 heteroatoms. The van der Waals surface area contributed by atoms with Gasteiger partial charge in [0.15, 0.2) is 11.3 Å². The summed E-state index contributed by atoms with van der Waals surface area (Å²) in [6.07, 6.45) is -7.03. The number of alkyl halides is 3. The molecule has 0 aliphatic carbocycles. The lowest BCUT2D eigenvalue weighted by Crippen LogP contribution is -2.57. The van der Waals surface area contributed by atoms with Gasteiger partial charge in [0.05, 0.1) is 0 Å². The number of halogens is 3. The Morgan fingerprint density at radius 2 is 1.60 bits per heavy atom. The molecular weight excluding hydrogens is 351 g/mol. The van der Waals surface area contributed by atoms with Gasteiger partial charge in [-0.1, -0.05) is 35.9 Å². The van der Waals surface area contributed by atoms with Gasteiger partial charge in [-0.2, -0.15) is 13.2 Å². The van der Waals surface area contributed by atoms with E-state index in [-0.39, 0.29) is 10.7 Å². The topological polar surface area (TPSA) is 53.2 Å². The number of hydrogen-bond donors (Lipinski definition) is 3. The van der Waals surface area contributed by atoms with Crippen molar-refractivity contribution in [3.05, 3.63) is 65.7 Å². The van der Waals surface area contributed by atoms with Crippen molar-refractivity contribution in [1.29, 1.82) is 0 Å². The van der Waals surface area contributed by atoms with Crippen LogP contribution >= 0.6 is 12.2 Å². The van der Waals surface area contributed by atoms with Crippen molar-refractivity contribution in [1.82, 2.24) is 10.6 Å². The summed E-state index contributed by atoms with van der Waals surface area (Å²) in [4.78, 5) is 12.0. The minimum absolute atomic E-state index is 0.128. The lowest BCUT2D eigenvalue weighted by molar-refractivity contribution is -0.156. The van der Waals surface area contributed by atoms with E-state index in [0.29, 0.717) is 5.69 Å². The van der Waals surface area contributed by atoms with E-state index in [1.807, 2.05) is 12.2 Å². The second-order valence-corrected chi connectivity index (χ2v) is 5.69. The fourth-order valence-corrected chi connectivity index (χ4v) is 2.17. The summed E-state index contributed by atoms with van der Waals surface area (Å²) in [6, 6.07) is 14.7. The van der Waals surface area contributed by atoms with Crippen LogP contribution in [-0.4, -0.2) is 23.4 Å². The number of para-hydroxylation sites is 1. The molecular formula is C17H16F3N3OS. The van der Waals surface area contributed by atoms with Crippen molar-refractivity contribution >= 4 is 28.9 Å². The maximum atomic E-state index is 13.2. The van der Waals surface area contributed by atoms with Crippen molar-refractivity contribution in [2.45, 2.75) is 19.3 Å². The van der Waals surface area contributed by atoms with E-state index in [1.165, 1.54) is 12.1 Å². The molecule has 25 heavy (non-hydrogen) atoms. The standard InChI is InChI=1S/C17H16F3N3OS/c1-11-7-9-12(10-8-11)14(24)22-15(17(18,19)20)23-16(25)21-13-5-3-2-4-6-13/h2-10,15H,1H3,(H,22,24)(H2,21,23,25). The summed E-state index contributed by atoms with van der Waals surface area (Å²) in [6.45, 7) is 1.81. The summed E-state index contributed by atoms with van der Waals surface area (Å²) >= 11 is 4.89. The van der Waals surface area contributed by atoms with Gasteiger partial charge in [0, 0.05) is 11.3 Å². The summed E-state index contributed by atoms with van der Waals surface area (Å²) in [5.41, 5.74) is 1.56. The largest absolute Gasteiger partial charge is 0.427 e. The fourth-order valence-electron chi connectivity index (χ4n) is 1.94. The Bertz CT molecular complexity index is 733. The molecule has 0 fully saturated rings. The molecule has 0 aliphatic heterocycles. The Hall–Kier alpha value is -2.61. The summed E-state index contributed by atoms with van der Waals surface area (Å²) in [7, 11) is 0. The number of rotatable bonds is 4. The maximum Gasteiger partial charge on any atom is 0.427 e. The minimum atomic E-state index is -4.72. The van der Waals surface area contributed by atoms with Gasteiger partial charge in [-0.05, 0) is 43.4 Å². The number of anilines is 1.